The number of aromatic nitrogens is 2. The summed E-state index contributed by atoms with van der Waals surface area (Å²) in [4.78, 5) is 20.2. The lowest BCUT2D eigenvalue weighted by Crippen LogP contribution is -1.89. The van der Waals surface area contributed by atoms with Crippen LogP contribution in [-0.2, 0) is 0 Å². The predicted molar refractivity (Wildman–Crippen MR) is 119 cm³/mol. The Labute approximate surface area is 173 Å². The Morgan fingerprint density at radius 3 is 1.79 bits per heavy atom. The van der Waals surface area contributed by atoms with Crippen molar-refractivity contribution in [2.24, 2.45) is 0 Å². The molecule has 140 valence electrons. The fourth-order valence-electron chi connectivity index (χ4n) is 3.05. The normalized spacial score (nSPS) is 11.0. The highest BCUT2D eigenvalue weighted by atomic mass is 32.1. The Balaban J connectivity index is 1.68. The summed E-state index contributed by atoms with van der Waals surface area (Å²) < 4.78 is 2.22. The Bertz CT molecular complexity index is 1240. The summed E-state index contributed by atoms with van der Waals surface area (Å²) in [6.45, 7) is 0. The lowest BCUT2D eigenvalue weighted by atomic mass is 10.1. The van der Waals surface area contributed by atoms with Crippen LogP contribution < -0.4 is 0 Å². The molecular weight excluding hydrogens is 402 g/mol. The van der Waals surface area contributed by atoms with Crippen molar-refractivity contribution in [3.63, 3.8) is 0 Å². The molecule has 0 saturated carbocycles. The van der Waals surface area contributed by atoms with Gasteiger partial charge in [-0.2, -0.15) is 0 Å². The molecule has 0 atom stereocenters. The fraction of sp³-hybridized carbons (Fsp3) is 0. The van der Waals surface area contributed by atoms with Gasteiger partial charge in [-0.25, -0.2) is 9.97 Å². The lowest BCUT2D eigenvalue weighted by molar-refractivity contribution is -0.384. The molecule has 0 aliphatic rings. The number of nitro benzene ring substituents is 1. The lowest BCUT2D eigenvalue weighted by Gasteiger charge is -2.01. The van der Waals surface area contributed by atoms with Gasteiger partial charge in [-0.15, -0.1) is 22.7 Å². The van der Waals surface area contributed by atoms with Gasteiger partial charge in [-0.1, -0.05) is 24.3 Å². The minimum absolute atomic E-state index is 0.0728. The van der Waals surface area contributed by atoms with Crippen molar-refractivity contribution in [3.05, 3.63) is 98.5 Å². The second-order valence-electron chi connectivity index (χ2n) is 6.38. The smallest absolute Gasteiger partial charge is 0.258 e. The third-order valence-corrected chi connectivity index (χ3v) is 6.60. The first-order chi connectivity index (χ1) is 14.2. The summed E-state index contributed by atoms with van der Waals surface area (Å²) in [6, 6.07) is 22.6. The molecule has 0 spiro atoms. The maximum Gasteiger partial charge on any atom is 0.269 e. The standard InChI is InChI=1S/C22H13N3O2S2/c26-25(27)15-11-9-14(10-12-15)13-16(21-23-17-5-1-3-7-19(17)28-21)22-24-18-6-2-4-8-20(18)29-22/h1-13H. The molecule has 0 aliphatic carbocycles. The van der Waals surface area contributed by atoms with Crippen LogP contribution in [0.2, 0.25) is 0 Å². The van der Waals surface area contributed by atoms with Crippen molar-refractivity contribution < 1.29 is 4.92 Å². The maximum absolute atomic E-state index is 10.9. The maximum atomic E-state index is 10.9. The largest absolute Gasteiger partial charge is 0.269 e. The van der Waals surface area contributed by atoms with Crippen LogP contribution in [0.5, 0.6) is 0 Å². The van der Waals surface area contributed by atoms with Gasteiger partial charge in [0.15, 0.2) is 0 Å². The van der Waals surface area contributed by atoms with Crippen LogP contribution in [0.1, 0.15) is 15.6 Å². The molecule has 0 saturated heterocycles. The molecule has 0 aliphatic heterocycles. The van der Waals surface area contributed by atoms with Crippen molar-refractivity contribution in [3.8, 4) is 0 Å². The van der Waals surface area contributed by atoms with Gasteiger partial charge in [0.05, 0.1) is 25.4 Å². The molecular formula is C22H13N3O2S2. The highest BCUT2D eigenvalue weighted by Crippen LogP contribution is 2.36. The molecule has 0 bridgehead atoms. The Morgan fingerprint density at radius 1 is 0.793 bits per heavy atom. The van der Waals surface area contributed by atoms with E-state index in [1.54, 1.807) is 34.8 Å². The minimum Gasteiger partial charge on any atom is -0.258 e. The number of benzene rings is 3. The van der Waals surface area contributed by atoms with Gasteiger partial charge in [0.1, 0.15) is 10.0 Å². The Kier molecular flexibility index (Phi) is 4.38. The summed E-state index contributed by atoms with van der Waals surface area (Å²) in [7, 11) is 0. The number of hydrogen-bond donors (Lipinski definition) is 0. The summed E-state index contributed by atoms with van der Waals surface area (Å²) in [6.07, 6.45) is 2.00. The van der Waals surface area contributed by atoms with Crippen LogP contribution in [-0.4, -0.2) is 14.9 Å². The van der Waals surface area contributed by atoms with E-state index in [9.17, 15) is 10.1 Å². The van der Waals surface area contributed by atoms with Crippen LogP contribution in [0, 0.1) is 10.1 Å². The summed E-state index contributed by atoms with van der Waals surface area (Å²) >= 11 is 3.23. The van der Waals surface area contributed by atoms with Crippen molar-refractivity contribution >= 4 is 60.4 Å². The monoisotopic (exact) mass is 415 g/mol. The van der Waals surface area contributed by atoms with E-state index in [4.69, 9.17) is 9.97 Å². The van der Waals surface area contributed by atoms with Crippen LogP contribution in [0.3, 0.4) is 0 Å². The number of nitrogens with zero attached hydrogens (tertiary/aromatic N) is 3. The van der Waals surface area contributed by atoms with Gasteiger partial charge in [0, 0.05) is 17.7 Å². The topological polar surface area (TPSA) is 68.9 Å². The first kappa shape index (κ1) is 17.7. The SMILES string of the molecule is O=[N+]([O-])c1ccc(C=C(c2nc3ccccc3s2)c2nc3ccccc3s2)cc1. The van der Waals surface area contributed by atoms with Crippen molar-refractivity contribution in [1.29, 1.82) is 0 Å². The quantitative estimate of drug-likeness (QED) is 0.251. The summed E-state index contributed by atoms with van der Waals surface area (Å²) in [5.41, 5.74) is 3.75. The van der Waals surface area contributed by atoms with Crippen molar-refractivity contribution in [1.82, 2.24) is 9.97 Å². The average Bonchev–Trinajstić information content (AvgIpc) is 3.36. The second kappa shape index (κ2) is 7.20. The Hall–Kier alpha value is -3.42. The third-order valence-electron chi connectivity index (χ3n) is 4.46. The van der Waals surface area contributed by atoms with E-state index in [0.717, 1.165) is 41.6 Å². The van der Waals surface area contributed by atoms with Gasteiger partial charge in [-0.05, 0) is 48.0 Å². The molecule has 0 amide bonds. The number of fused-ring (bicyclic) bond motifs is 2. The zero-order valence-electron chi connectivity index (χ0n) is 15.0. The number of para-hydroxylation sites is 2. The van der Waals surface area contributed by atoms with E-state index in [0.29, 0.717) is 0 Å². The summed E-state index contributed by atoms with van der Waals surface area (Å²) in [5.74, 6) is 0. The highest BCUT2D eigenvalue weighted by molar-refractivity contribution is 7.22. The number of nitro groups is 1. The summed E-state index contributed by atoms with van der Waals surface area (Å²) in [5, 5.41) is 12.7. The van der Waals surface area contributed by atoms with E-state index in [1.807, 2.05) is 42.5 Å². The van der Waals surface area contributed by atoms with E-state index in [-0.39, 0.29) is 5.69 Å². The van der Waals surface area contributed by atoms with E-state index in [1.165, 1.54) is 12.1 Å². The highest BCUT2D eigenvalue weighted by Gasteiger charge is 2.16. The zero-order valence-corrected chi connectivity index (χ0v) is 16.6. The number of non-ortho nitro benzene ring substituents is 1. The van der Waals surface area contributed by atoms with Gasteiger partial charge in [0.2, 0.25) is 0 Å². The van der Waals surface area contributed by atoms with Gasteiger partial charge in [-0.3, -0.25) is 10.1 Å². The molecule has 29 heavy (non-hydrogen) atoms. The Morgan fingerprint density at radius 2 is 1.31 bits per heavy atom. The first-order valence-electron chi connectivity index (χ1n) is 8.85. The number of hydrogen-bond acceptors (Lipinski definition) is 6. The molecule has 0 fully saturated rings. The van der Waals surface area contributed by atoms with Crippen molar-refractivity contribution in [2.45, 2.75) is 0 Å². The molecule has 5 nitrogen and oxygen atoms in total. The predicted octanol–water partition coefficient (Wildman–Crippen LogP) is 6.40. The average molecular weight is 415 g/mol. The first-order valence-corrected chi connectivity index (χ1v) is 10.5. The minimum atomic E-state index is -0.393. The second-order valence-corrected chi connectivity index (χ2v) is 8.44. The molecule has 2 heterocycles. The molecule has 0 radical (unpaired) electrons. The van der Waals surface area contributed by atoms with Gasteiger partial charge in [0.25, 0.3) is 5.69 Å². The molecule has 0 unspecified atom stereocenters. The number of rotatable bonds is 4. The van der Waals surface area contributed by atoms with Crippen LogP contribution in [0.25, 0.3) is 32.1 Å². The van der Waals surface area contributed by atoms with E-state index >= 15 is 0 Å². The molecule has 3 aromatic carbocycles. The van der Waals surface area contributed by atoms with Gasteiger partial charge >= 0.3 is 0 Å². The number of thiazole rings is 2. The fourth-order valence-corrected chi connectivity index (χ4v) is 5.08. The molecule has 0 N–H and O–H groups in total. The van der Waals surface area contributed by atoms with E-state index < -0.39 is 4.92 Å². The molecule has 2 aromatic heterocycles. The molecule has 7 heteroatoms. The van der Waals surface area contributed by atoms with Crippen molar-refractivity contribution in [2.75, 3.05) is 0 Å². The molecule has 5 rings (SSSR count). The van der Waals surface area contributed by atoms with Crippen LogP contribution in [0.4, 0.5) is 5.69 Å². The zero-order chi connectivity index (χ0) is 19.8. The van der Waals surface area contributed by atoms with Crippen LogP contribution in [0.15, 0.2) is 72.8 Å². The third kappa shape index (κ3) is 3.41. The van der Waals surface area contributed by atoms with E-state index in [2.05, 4.69) is 12.1 Å². The van der Waals surface area contributed by atoms with Crippen LogP contribution >= 0.6 is 22.7 Å². The van der Waals surface area contributed by atoms with Gasteiger partial charge < -0.3 is 0 Å². The molecule has 5 aromatic rings.